The SMILES string of the molecule is CCc1ccc(C(C)NC(=O)c2ccc(N(C)S(=O)(=O)c3ccccc3)cc2)cc1. The van der Waals surface area contributed by atoms with E-state index in [2.05, 4.69) is 24.4 Å². The van der Waals surface area contributed by atoms with Crippen molar-refractivity contribution < 1.29 is 13.2 Å². The van der Waals surface area contributed by atoms with Gasteiger partial charge in [-0.1, -0.05) is 49.4 Å². The highest BCUT2D eigenvalue weighted by Crippen LogP contribution is 2.22. The molecule has 30 heavy (non-hydrogen) atoms. The van der Waals surface area contributed by atoms with Crippen LogP contribution in [-0.4, -0.2) is 21.4 Å². The van der Waals surface area contributed by atoms with E-state index in [0.717, 1.165) is 12.0 Å². The summed E-state index contributed by atoms with van der Waals surface area (Å²) in [5.74, 6) is -0.206. The van der Waals surface area contributed by atoms with Gasteiger partial charge in [0.25, 0.3) is 15.9 Å². The number of sulfonamides is 1. The molecule has 156 valence electrons. The van der Waals surface area contributed by atoms with Crippen LogP contribution in [0.5, 0.6) is 0 Å². The third-order valence-corrected chi connectivity index (χ3v) is 6.93. The van der Waals surface area contributed by atoms with Crippen molar-refractivity contribution in [3.63, 3.8) is 0 Å². The van der Waals surface area contributed by atoms with Crippen LogP contribution in [0.15, 0.2) is 83.8 Å². The molecule has 3 aromatic carbocycles. The van der Waals surface area contributed by atoms with Gasteiger partial charge in [-0.25, -0.2) is 8.42 Å². The van der Waals surface area contributed by atoms with Crippen LogP contribution in [0, 0.1) is 0 Å². The molecule has 1 unspecified atom stereocenters. The fourth-order valence-electron chi connectivity index (χ4n) is 3.12. The smallest absolute Gasteiger partial charge is 0.264 e. The molecule has 0 spiro atoms. The summed E-state index contributed by atoms with van der Waals surface area (Å²) < 4.78 is 26.7. The van der Waals surface area contributed by atoms with E-state index in [1.54, 1.807) is 54.6 Å². The summed E-state index contributed by atoms with van der Waals surface area (Å²) in [6.45, 7) is 4.04. The standard InChI is InChI=1S/C24H26N2O3S/c1-4-19-10-12-20(13-11-19)18(2)25-24(27)21-14-16-22(17-15-21)26(3)30(28,29)23-8-6-5-7-9-23/h5-18H,4H2,1-3H3,(H,25,27). The lowest BCUT2D eigenvalue weighted by molar-refractivity contribution is 0.0940. The maximum Gasteiger partial charge on any atom is 0.264 e. The van der Waals surface area contributed by atoms with Crippen LogP contribution in [0.25, 0.3) is 0 Å². The van der Waals surface area contributed by atoms with E-state index in [4.69, 9.17) is 0 Å². The summed E-state index contributed by atoms with van der Waals surface area (Å²) in [5.41, 5.74) is 3.24. The van der Waals surface area contributed by atoms with Gasteiger partial charge in [-0.15, -0.1) is 0 Å². The second kappa shape index (κ2) is 9.13. The zero-order valence-electron chi connectivity index (χ0n) is 17.4. The molecule has 0 saturated carbocycles. The zero-order chi connectivity index (χ0) is 21.7. The Morgan fingerprint density at radius 3 is 2.10 bits per heavy atom. The van der Waals surface area contributed by atoms with Crippen LogP contribution in [0.1, 0.15) is 41.4 Å². The molecule has 0 aliphatic heterocycles. The summed E-state index contributed by atoms with van der Waals surface area (Å²) in [6.07, 6.45) is 0.974. The summed E-state index contributed by atoms with van der Waals surface area (Å²) in [5, 5.41) is 2.98. The number of anilines is 1. The van der Waals surface area contributed by atoms with Crippen molar-refractivity contribution in [2.75, 3.05) is 11.4 Å². The molecule has 0 fully saturated rings. The van der Waals surface area contributed by atoms with E-state index >= 15 is 0 Å². The molecule has 3 aromatic rings. The highest BCUT2D eigenvalue weighted by Gasteiger charge is 2.21. The monoisotopic (exact) mass is 422 g/mol. The van der Waals surface area contributed by atoms with Gasteiger partial charge in [-0.05, 0) is 60.9 Å². The Balaban J connectivity index is 1.70. The van der Waals surface area contributed by atoms with Gasteiger partial charge in [0.1, 0.15) is 0 Å². The zero-order valence-corrected chi connectivity index (χ0v) is 18.2. The Labute approximate surface area is 178 Å². The summed E-state index contributed by atoms with van der Waals surface area (Å²) in [7, 11) is -2.15. The lowest BCUT2D eigenvalue weighted by atomic mass is 10.0. The van der Waals surface area contributed by atoms with Crippen LogP contribution in [0.3, 0.4) is 0 Å². The van der Waals surface area contributed by atoms with Crippen LogP contribution >= 0.6 is 0 Å². The summed E-state index contributed by atoms with van der Waals surface area (Å²) in [6, 6.07) is 22.8. The number of rotatable bonds is 7. The fourth-order valence-corrected chi connectivity index (χ4v) is 4.33. The predicted octanol–water partition coefficient (Wildman–Crippen LogP) is 4.57. The van der Waals surface area contributed by atoms with E-state index in [0.29, 0.717) is 11.3 Å². The van der Waals surface area contributed by atoms with Crippen molar-refractivity contribution in [1.82, 2.24) is 5.32 Å². The molecule has 0 heterocycles. The van der Waals surface area contributed by atoms with E-state index < -0.39 is 10.0 Å². The molecule has 1 N–H and O–H groups in total. The Kier molecular flexibility index (Phi) is 6.57. The van der Waals surface area contributed by atoms with E-state index in [1.165, 1.54) is 16.9 Å². The predicted molar refractivity (Wildman–Crippen MR) is 120 cm³/mol. The van der Waals surface area contributed by atoms with Crippen molar-refractivity contribution >= 4 is 21.6 Å². The van der Waals surface area contributed by atoms with Crippen molar-refractivity contribution in [3.05, 3.63) is 95.6 Å². The number of benzene rings is 3. The number of nitrogens with one attached hydrogen (secondary N) is 1. The Bertz CT molecular complexity index is 1090. The van der Waals surface area contributed by atoms with Gasteiger partial charge in [0.2, 0.25) is 0 Å². The molecule has 0 aliphatic carbocycles. The minimum absolute atomic E-state index is 0.135. The lowest BCUT2D eigenvalue weighted by Gasteiger charge is -2.20. The molecule has 5 nitrogen and oxygen atoms in total. The molecule has 0 aliphatic rings. The molecule has 0 saturated heterocycles. The first-order chi connectivity index (χ1) is 14.3. The van der Waals surface area contributed by atoms with Gasteiger partial charge in [-0.2, -0.15) is 0 Å². The first kappa shape index (κ1) is 21.6. The normalized spacial score (nSPS) is 12.2. The van der Waals surface area contributed by atoms with Gasteiger partial charge < -0.3 is 5.32 Å². The van der Waals surface area contributed by atoms with E-state index in [-0.39, 0.29) is 16.8 Å². The van der Waals surface area contributed by atoms with Crippen LogP contribution in [0.2, 0.25) is 0 Å². The number of hydrogen-bond acceptors (Lipinski definition) is 3. The molecule has 6 heteroatoms. The van der Waals surface area contributed by atoms with Gasteiger partial charge >= 0.3 is 0 Å². The van der Waals surface area contributed by atoms with Gasteiger partial charge in [0.05, 0.1) is 16.6 Å². The lowest BCUT2D eigenvalue weighted by Crippen LogP contribution is -2.28. The van der Waals surface area contributed by atoms with Gasteiger partial charge in [0, 0.05) is 12.6 Å². The van der Waals surface area contributed by atoms with Crippen molar-refractivity contribution in [2.24, 2.45) is 0 Å². The maximum atomic E-state index is 12.7. The largest absolute Gasteiger partial charge is 0.346 e. The van der Waals surface area contributed by atoms with E-state index in [9.17, 15) is 13.2 Å². The van der Waals surface area contributed by atoms with Crippen molar-refractivity contribution in [2.45, 2.75) is 31.2 Å². The van der Waals surface area contributed by atoms with Crippen LogP contribution in [-0.2, 0) is 16.4 Å². The number of aryl methyl sites for hydroxylation is 1. The molecule has 0 bridgehead atoms. The minimum atomic E-state index is -3.65. The maximum absolute atomic E-state index is 12.7. The molecule has 0 radical (unpaired) electrons. The fraction of sp³-hybridized carbons (Fsp3) is 0.208. The Hall–Kier alpha value is -3.12. The average molecular weight is 423 g/mol. The molecular weight excluding hydrogens is 396 g/mol. The third-order valence-electron chi connectivity index (χ3n) is 5.13. The van der Waals surface area contributed by atoms with Gasteiger partial charge in [0.15, 0.2) is 0 Å². The highest BCUT2D eigenvalue weighted by molar-refractivity contribution is 7.92. The first-order valence-corrected chi connectivity index (χ1v) is 11.3. The van der Waals surface area contributed by atoms with Crippen LogP contribution in [0.4, 0.5) is 5.69 Å². The topological polar surface area (TPSA) is 66.5 Å². The molecular formula is C24H26N2O3S. The third kappa shape index (κ3) is 4.71. The summed E-state index contributed by atoms with van der Waals surface area (Å²) >= 11 is 0. The van der Waals surface area contributed by atoms with Crippen molar-refractivity contribution in [3.8, 4) is 0 Å². The Morgan fingerprint density at radius 1 is 0.933 bits per heavy atom. The minimum Gasteiger partial charge on any atom is -0.346 e. The number of nitrogens with zero attached hydrogens (tertiary/aromatic N) is 1. The highest BCUT2D eigenvalue weighted by atomic mass is 32.2. The molecule has 0 aromatic heterocycles. The molecule has 1 amide bonds. The van der Waals surface area contributed by atoms with Gasteiger partial charge in [-0.3, -0.25) is 9.10 Å². The Morgan fingerprint density at radius 2 is 1.53 bits per heavy atom. The number of hydrogen-bond donors (Lipinski definition) is 1. The average Bonchev–Trinajstić information content (AvgIpc) is 2.79. The first-order valence-electron chi connectivity index (χ1n) is 9.86. The number of carbonyl (C=O) groups is 1. The number of carbonyl (C=O) groups excluding carboxylic acids is 1. The molecule has 3 rings (SSSR count). The number of amides is 1. The second-order valence-electron chi connectivity index (χ2n) is 7.12. The quantitative estimate of drug-likeness (QED) is 0.607. The van der Waals surface area contributed by atoms with E-state index in [1.807, 2.05) is 19.1 Å². The van der Waals surface area contributed by atoms with Crippen molar-refractivity contribution in [1.29, 1.82) is 0 Å². The summed E-state index contributed by atoms with van der Waals surface area (Å²) in [4.78, 5) is 12.8. The second-order valence-corrected chi connectivity index (χ2v) is 9.09. The molecule has 1 atom stereocenters. The van der Waals surface area contributed by atoms with Crippen LogP contribution < -0.4 is 9.62 Å².